The molecule has 23 heteroatoms. The van der Waals surface area contributed by atoms with E-state index in [2.05, 4.69) is 35.9 Å². The molecule has 0 radical (unpaired) electrons. The quantitative estimate of drug-likeness (QED) is 0.0448. The molecule has 61 heavy (non-hydrogen) atoms. The van der Waals surface area contributed by atoms with Crippen molar-refractivity contribution in [1.82, 2.24) is 45.3 Å². The van der Waals surface area contributed by atoms with Crippen molar-refractivity contribution in [2.75, 3.05) is 103 Å². The number of hydrogen-bond donors (Lipinski definition) is 8. The van der Waals surface area contributed by atoms with Gasteiger partial charge in [-0.3, -0.25) is 48.5 Å². The standard InChI is InChI=1S/C38H53N11O12/c39-38-45-34-33(36(57)46-38)43-27(21-42-34)20-41-26-5-3-25(4-6-26)35(56)44-29(37(58)59)7-8-30(51)40-9-17-61-19-18-60-16-1-2-28(50)22-47-10-12-48(23-31(52)53)14-15-49(13-11-47)24-32(54)55/h3-6,21,29,41H,1-2,7-20,22-24H2,(H,40,51)(H,44,56)(H,52,53)(H,54,55)(H,58,59)(H3,39,42,45,46,57)/t29-/m0/s1. The Morgan fingerprint density at radius 3 is 2.02 bits per heavy atom. The average Bonchev–Trinajstić information content (AvgIpc) is 3.29. The molecule has 9 N–H and O–H groups in total. The van der Waals surface area contributed by atoms with Gasteiger partial charge in [0.25, 0.3) is 11.5 Å². The Morgan fingerprint density at radius 2 is 1.41 bits per heavy atom. The number of carboxylic acid groups (broad SMARTS) is 3. The number of carbonyl (C=O) groups is 6. The fourth-order valence-electron chi connectivity index (χ4n) is 6.18. The maximum atomic E-state index is 12.8. The number of Topliss-reactive ketones (excluding diaryl/α,β-unsaturated/α-hetero) is 1. The van der Waals surface area contributed by atoms with Crippen molar-refractivity contribution in [2.24, 2.45) is 0 Å². The van der Waals surface area contributed by atoms with E-state index < -0.39 is 41.3 Å². The normalized spacial score (nSPS) is 14.6. The van der Waals surface area contributed by atoms with Gasteiger partial charge in [0, 0.05) is 76.5 Å². The number of carbonyl (C=O) groups excluding carboxylic acids is 3. The predicted octanol–water partition coefficient (Wildman–Crippen LogP) is -1.54. The number of anilines is 2. The van der Waals surface area contributed by atoms with Gasteiger partial charge in [-0.2, -0.15) is 4.98 Å². The van der Waals surface area contributed by atoms with Crippen LogP contribution in [0, 0.1) is 0 Å². The molecule has 4 rings (SSSR count). The van der Waals surface area contributed by atoms with Gasteiger partial charge in [-0.15, -0.1) is 0 Å². The van der Waals surface area contributed by atoms with Gasteiger partial charge in [0.1, 0.15) is 11.8 Å². The lowest BCUT2D eigenvalue weighted by Gasteiger charge is -2.24. The third-order valence-electron chi connectivity index (χ3n) is 9.37. The van der Waals surface area contributed by atoms with E-state index in [0.29, 0.717) is 63.7 Å². The van der Waals surface area contributed by atoms with Crippen LogP contribution in [0.2, 0.25) is 0 Å². The monoisotopic (exact) mass is 855 g/mol. The Labute approximate surface area is 350 Å². The maximum Gasteiger partial charge on any atom is 0.326 e. The van der Waals surface area contributed by atoms with Crippen LogP contribution < -0.4 is 27.2 Å². The summed E-state index contributed by atoms with van der Waals surface area (Å²) < 4.78 is 11.0. The number of nitrogens with zero attached hydrogens (tertiary/aromatic N) is 6. The number of aromatic amines is 1. The molecule has 0 aliphatic carbocycles. The Morgan fingerprint density at radius 1 is 0.803 bits per heavy atom. The van der Waals surface area contributed by atoms with E-state index in [4.69, 9.17) is 15.2 Å². The predicted molar refractivity (Wildman–Crippen MR) is 218 cm³/mol. The number of ether oxygens (including phenoxy) is 2. The number of fused-ring (bicyclic) bond motifs is 1. The van der Waals surface area contributed by atoms with Crippen molar-refractivity contribution in [3.8, 4) is 0 Å². The van der Waals surface area contributed by atoms with Crippen molar-refractivity contribution in [1.29, 1.82) is 0 Å². The van der Waals surface area contributed by atoms with Gasteiger partial charge >= 0.3 is 17.9 Å². The summed E-state index contributed by atoms with van der Waals surface area (Å²) in [6, 6.07) is 4.93. The lowest BCUT2D eigenvalue weighted by atomic mass is 10.1. The highest BCUT2D eigenvalue weighted by atomic mass is 16.5. The Bertz CT molecular complexity index is 1990. The number of hydrogen-bond acceptors (Lipinski definition) is 17. The molecule has 332 valence electrons. The molecule has 2 aromatic heterocycles. The summed E-state index contributed by atoms with van der Waals surface area (Å²) in [5.41, 5.74) is 6.45. The van der Waals surface area contributed by atoms with Crippen LogP contribution >= 0.6 is 0 Å². The average molecular weight is 856 g/mol. The van der Waals surface area contributed by atoms with Gasteiger partial charge in [0.2, 0.25) is 11.9 Å². The number of nitrogens with two attached hydrogens (primary N) is 1. The number of amides is 2. The number of H-pyrrole nitrogens is 1. The van der Waals surface area contributed by atoms with E-state index in [1.165, 1.54) is 18.3 Å². The molecule has 1 fully saturated rings. The molecule has 2 amide bonds. The second kappa shape index (κ2) is 24.8. The molecule has 1 aromatic carbocycles. The smallest absolute Gasteiger partial charge is 0.326 e. The van der Waals surface area contributed by atoms with E-state index in [9.17, 15) is 48.9 Å². The molecule has 0 saturated carbocycles. The summed E-state index contributed by atoms with van der Waals surface area (Å²) in [6.07, 6.45) is 1.93. The number of carboxylic acids is 3. The summed E-state index contributed by atoms with van der Waals surface area (Å²) in [5, 5.41) is 36.3. The first-order valence-electron chi connectivity index (χ1n) is 19.7. The van der Waals surface area contributed by atoms with Crippen LogP contribution in [-0.4, -0.2) is 183 Å². The van der Waals surface area contributed by atoms with Crippen LogP contribution in [0.3, 0.4) is 0 Å². The van der Waals surface area contributed by atoms with E-state index in [1.54, 1.807) is 21.9 Å². The highest BCUT2D eigenvalue weighted by molar-refractivity contribution is 5.97. The third kappa shape index (κ3) is 17.5. The molecular formula is C38H53N11O12. The summed E-state index contributed by atoms with van der Waals surface area (Å²) in [4.78, 5) is 104. The van der Waals surface area contributed by atoms with Crippen LogP contribution in [0.4, 0.5) is 11.6 Å². The summed E-state index contributed by atoms with van der Waals surface area (Å²) in [6.45, 7) is 3.97. The highest BCUT2D eigenvalue weighted by Crippen LogP contribution is 2.13. The van der Waals surface area contributed by atoms with Gasteiger partial charge in [-0.25, -0.2) is 14.8 Å². The Kier molecular flexibility index (Phi) is 19.3. The van der Waals surface area contributed by atoms with Gasteiger partial charge in [0.15, 0.2) is 11.2 Å². The summed E-state index contributed by atoms with van der Waals surface area (Å²) in [5.74, 6) is -4.34. The minimum Gasteiger partial charge on any atom is -0.480 e. The van der Waals surface area contributed by atoms with Crippen molar-refractivity contribution in [3.63, 3.8) is 0 Å². The van der Waals surface area contributed by atoms with Gasteiger partial charge in [-0.05, 0) is 37.1 Å². The van der Waals surface area contributed by atoms with Crippen molar-refractivity contribution in [2.45, 2.75) is 38.3 Å². The first-order valence-corrected chi connectivity index (χ1v) is 19.7. The molecular weight excluding hydrogens is 802 g/mol. The maximum absolute atomic E-state index is 12.8. The first kappa shape index (κ1) is 47.5. The molecule has 0 spiro atoms. The number of ketones is 1. The van der Waals surface area contributed by atoms with E-state index in [0.717, 1.165) is 0 Å². The van der Waals surface area contributed by atoms with E-state index in [-0.39, 0.29) is 100 Å². The molecule has 1 atom stereocenters. The minimum absolute atomic E-state index is 0.00110. The summed E-state index contributed by atoms with van der Waals surface area (Å²) in [7, 11) is 0. The number of benzene rings is 1. The zero-order chi connectivity index (χ0) is 44.1. The number of nitrogens with one attached hydrogen (secondary N) is 4. The second-order valence-electron chi connectivity index (χ2n) is 14.2. The molecule has 23 nitrogen and oxygen atoms in total. The van der Waals surface area contributed by atoms with Crippen molar-refractivity contribution < 1.29 is 53.6 Å². The van der Waals surface area contributed by atoms with E-state index in [1.807, 2.05) is 4.90 Å². The lowest BCUT2D eigenvalue weighted by Crippen LogP contribution is -2.41. The van der Waals surface area contributed by atoms with Gasteiger partial charge in [-0.1, -0.05) is 0 Å². The number of aromatic nitrogens is 4. The molecule has 1 saturated heterocycles. The molecule has 3 aromatic rings. The molecule has 1 aliphatic heterocycles. The van der Waals surface area contributed by atoms with E-state index >= 15 is 0 Å². The van der Waals surface area contributed by atoms with Crippen LogP contribution in [0.15, 0.2) is 35.3 Å². The number of rotatable bonds is 25. The number of nitrogen functional groups attached to an aromatic ring is 1. The van der Waals surface area contributed by atoms with Gasteiger partial charge < -0.3 is 46.5 Å². The second-order valence-corrected chi connectivity index (χ2v) is 14.2. The van der Waals surface area contributed by atoms with Crippen LogP contribution in [0.5, 0.6) is 0 Å². The van der Waals surface area contributed by atoms with Crippen LogP contribution in [-0.2, 0) is 40.0 Å². The SMILES string of the molecule is Nc1nc2ncc(CNc3ccc(C(=O)N[C@@H](CCC(=O)NCCOCCOCCCC(=O)CN4CCN(CC(=O)O)CCN(CC(=O)O)CC4)C(=O)O)cc3)nc2c(=O)[nH]1. The lowest BCUT2D eigenvalue weighted by molar-refractivity contribution is -0.140. The molecule has 0 unspecified atom stereocenters. The number of aliphatic carboxylic acids is 3. The zero-order valence-corrected chi connectivity index (χ0v) is 33.7. The Balaban J connectivity index is 1.04. The largest absolute Gasteiger partial charge is 0.480 e. The molecule has 3 heterocycles. The van der Waals surface area contributed by atoms with Gasteiger partial charge in [0.05, 0.1) is 57.9 Å². The highest BCUT2D eigenvalue weighted by Gasteiger charge is 2.23. The zero-order valence-electron chi connectivity index (χ0n) is 33.7. The third-order valence-corrected chi connectivity index (χ3v) is 9.37. The van der Waals surface area contributed by atoms with Crippen LogP contribution in [0.1, 0.15) is 41.7 Å². The topological polar surface area (TPSA) is 325 Å². The summed E-state index contributed by atoms with van der Waals surface area (Å²) >= 11 is 0. The molecule has 1 aliphatic rings. The minimum atomic E-state index is -1.31. The fourth-order valence-corrected chi connectivity index (χ4v) is 6.18. The van der Waals surface area contributed by atoms with Crippen LogP contribution in [0.25, 0.3) is 11.2 Å². The van der Waals surface area contributed by atoms with Crippen molar-refractivity contribution >= 4 is 58.3 Å². The van der Waals surface area contributed by atoms with Crippen molar-refractivity contribution in [3.05, 3.63) is 52.1 Å². The Hall–Kier alpha value is -6.14. The molecule has 0 bridgehead atoms. The first-order chi connectivity index (χ1) is 29.2. The fraction of sp³-hybridized carbons (Fsp3) is 0.526.